The summed E-state index contributed by atoms with van der Waals surface area (Å²) in [5, 5.41) is 28.3. The lowest BCUT2D eigenvalue weighted by Crippen LogP contribution is -2.20. The van der Waals surface area contributed by atoms with Crippen molar-refractivity contribution < 1.29 is 10.2 Å². The second kappa shape index (κ2) is 6.25. The molecular formula is C12H18N4O2S. The van der Waals surface area contributed by atoms with Gasteiger partial charge in [-0.3, -0.25) is 0 Å². The number of hydrogen-bond donors (Lipinski definition) is 2. The monoisotopic (exact) mass is 282 g/mol. The summed E-state index contributed by atoms with van der Waals surface area (Å²) in [4.78, 5) is 3.17. The van der Waals surface area contributed by atoms with Crippen LogP contribution < -0.4 is 0 Å². The van der Waals surface area contributed by atoms with Gasteiger partial charge in [-0.2, -0.15) is 0 Å². The Morgan fingerprint density at radius 2 is 2.26 bits per heavy atom. The Morgan fingerprint density at radius 1 is 1.47 bits per heavy atom. The van der Waals surface area contributed by atoms with Crippen LogP contribution in [-0.4, -0.2) is 56.9 Å². The molecule has 0 bridgehead atoms. The molecule has 0 saturated heterocycles. The highest BCUT2D eigenvalue weighted by atomic mass is 32.1. The molecule has 0 radical (unpaired) electrons. The molecule has 1 atom stereocenters. The molecule has 7 heteroatoms. The first kappa shape index (κ1) is 14.1. The molecule has 2 aromatic rings. The Morgan fingerprint density at radius 3 is 2.95 bits per heavy atom. The van der Waals surface area contributed by atoms with Crippen molar-refractivity contribution in [2.24, 2.45) is 0 Å². The van der Waals surface area contributed by atoms with Crippen LogP contribution in [0, 0.1) is 0 Å². The molecular weight excluding hydrogens is 264 g/mol. The van der Waals surface area contributed by atoms with Gasteiger partial charge in [0.15, 0.2) is 0 Å². The van der Waals surface area contributed by atoms with E-state index < -0.39 is 6.10 Å². The lowest BCUT2D eigenvalue weighted by molar-refractivity contribution is 0.0778. The minimum Gasteiger partial charge on any atom is -0.394 e. The van der Waals surface area contributed by atoms with E-state index in [1.807, 2.05) is 14.1 Å². The second-order valence-corrected chi connectivity index (χ2v) is 5.63. The van der Waals surface area contributed by atoms with Crippen molar-refractivity contribution in [3.05, 3.63) is 23.2 Å². The summed E-state index contributed by atoms with van der Waals surface area (Å²) in [7, 11) is 4.06. The molecule has 0 aliphatic rings. The molecule has 2 N–H and O–H groups in total. The number of aliphatic hydroxyl groups excluding tert-OH is 2. The highest BCUT2D eigenvalue weighted by Gasteiger charge is 2.10. The van der Waals surface area contributed by atoms with Crippen LogP contribution in [-0.2, 0) is 13.1 Å². The van der Waals surface area contributed by atoms with Crippen molar-refractivity contribution in [2.75, 3.05) is 20.7 Å². The fraction of sp³-hybridized carbons (Fsp3) is 0.500. The molecule has 0 aliphatic heterocycles. The predicted octanol–water partition coefficient (Wildman–Crippen LogP) is 0.421. The van der Waals surface area contributed by atoms with E-state index in [2.05, 4.69) is 26.7 Å². The zero-order valence-corrected chi connectivity index (χ0v) is 11.8. The van der Waals surface area contributed by atoms with Crippen LogP contribution in [0.2, 0.25) is 0 Å². The van der Waals surface area contributed by atoms with E-state index in [1.165, 1.54) is 5.56 Å². The zero-order chi connectivity index (χ0) is 13.8. The van der Waals surface area contributed by atoms with Gasteiger partial charge in [-0.1, -0.05) is 5.21 Å². The SMILES string of the molecule is CN(C)Cc1csc(-c2cn(CC(O)CO)nn2)c1. The Kier molecular flexibility index (Phi) is 4.65. The number of aliphatic hydroxyl groups is 2. The first-order chi connectivity index (χ1) is 9.08. The van der Waals surface area contributed by atoms with Gasteiger partial charge in [0, 0.05) is 6.54 Å². The fourth-order valence-corrected chi connectivity index (χ4v) is 2.59. The van der Waals surface area contributed by atoms with Crippen LogP contribution in [0.1, 0.15) is 5.56 Å². The highest BCUT2D eigenvalue weighted by molar-refractivity contribution is 7.13. The van der Waals surface area contributed by atoms with Crippen molar-refractivity contribution in [3.63, 3.8) is 0 Å². The molecule has 104 valence electrons. The van der Waals surface area contributed by atoms with Crippen molar-refractivity contribution >= 4 is 11.3 Å². The Balaban J connectivity index is 2.07. The van der Waals surface area contributed by atoms with Gasteiger partial charge in [-0.25, -0.2) is 4.68 Å². The summed E-state index contributed by atoms with van der Waals surface area (Å²) in [6.07, 6.45) is 0.978. The molecule has 0 amide bonds. The minimum absolute atomic E-state index is 0.249. The average molecular weight is 282 g/mol. The highest BCUT2D eigenvalue weighted by Crippen LogP contribution is 2.25. The summed E-state index contributed by atoms with van der Waals surface area (Å²) in [5.41, 5.74) is 2.04. The van der Waals surface area contributed by atoms with Crippen molar-refractivity contribution in [2.45, 2.75) is 19.2 Å². The Bertz CT molecular complexity index is 523. The van der Waals surface area contributed by atoms with E-state index in [4.69, 9.17) is 5.11 Å². The van der Waals surface area contributed by atoms with Crippen LogP contribution in [0.15, 0.2) is 17.6 Å². The molecule has 0 aliphatic carbocycles. The lowest BCUT2D eigenvalue weighted by Gasteiger charge is -2.06. The van der Waals surface area contributed by atoms with E-state index in [9.17, 15) is 5.11 Å². The van der Waals surface area contributed by atoms with Gasteiger partial charge in [0.25, 0.3) is 0 Å². The van der Waals surface area contributed by atoms with Crippen LogP contribution in [0.4, 0.5) is 0 Å². The summed E-state index contributed by atoms with van der Waals surface area (Å²) in [6.45, 7) is 0.870. The largest absolute Gasteiger partial charge is 0.394 e. The summed E-state index contributed by atoms with van der Waals surface area (Å²) >= 11 is 1.63. The molecule has 0 spiro atoms. The van der Waals surface area contributed by atoms with Crippen LogP contribution in [0.25, 0.3) is 10.6 Å². The summed E-state index contributed by atoms with van der Waals surface area (Å²) in [6, 6.07) is 2.10. The van der Waals surface area contributed by atoms with E-state index in [1.54, 1.807) is 22.2 Å². The lowest BCUT2D eigenvalue weighted by atomic mass is 10.2. The average Bonchev–Trinajstić information content (AvgIpc) is 2.97. The Labute approximate surface area is 115 Å². The van der Waals surface area contributed by atoms with E-state index in [-0.39, 0.29) is 13.2 Å². The minimum atomic E-state index is -0.804. The summed E-state index contributed by atoms with van der Waals surface area (Å²) in [5.74, 6) is 0. The first-order valence-corrected chi connectivity index (χ1v) is 6.88. The maximum Gasteiger partial charge on any atom is 0.122 e. The zero-order valence-electron chi connectivity index (χ0n) is 11.0. The molecule has 2 aromatic heterocycles. The predicted molar refractivity (Wildman–Crippen MR) is 73.8 cm³/mol. The number of rotatable bonds is 6. The van der Waals surface area contributed by atoms with Crippen molar-refractivity contribution in [1.29, 1.82) is 0 Å². The van der Waals surface area contributed by atoms with Gasteiger partial charge >= 0.3 is 0 Å². The van der Waals surface area contributed by atoms with Crippen LogP contribution >= 0.6 is 11.3 Å². The van der Waals surface area contributed by atoms with Gasteiger partial charge in [0.05, 0.1) is 30.3 Å². The molecule has 6 nitrogen and oxygen atoms in total. The maximum absolute atomic E-state index is 9.35. The standard InChI is InChI=1S/C12H18N4O2S/c1-15(2)4-9-3-12(19-8-9)11-6-16(14-13-11)5-10(18)7-17/h3,6,8,10,17-18H,4-5,7H2,1-2H3. The van der Waals surface area contributed by atoms with Crippen molar-refractivity contribution in [3.8, 4) is 10.6 Å². The number of aromatic nitrogens is 3. The molecule has 0 aromatic carbocycles. The number of nitrogens with zero attached hydrogens (tertiary/aromatic N) is 4. The number of hydrogen-bond acceptors (Lipinski definition) is 6. The molecule has 2 heterocycles. The van der Waals surface area contributed by atoms with Gasteiger partial charge in [-0.05, 0) is 31.1 Å². The number of thiophene rings is 1. The maximum atomic E-state index is 9.35. The van der Waals surface area contributed by atoms with Gasteiger partial charge in [-0.15, -0.1) is 16.4 Å². The van der Waals surface area contributed by atoms with Crippen molar-refractivity contribution in [1.82, 2.24) is 19.9 Å². The van der Waals surface area contributed by atoms with Gasteiger partial charge < -0.3 is 15.1 Å². The molecule has 1 unspecified atom stereocenters. The first-order valence-electron chi connectivity index (χ1n) is 6.00. The van der Waals surface area contributed by atoms with Crippen LogP contribution in [0.5, 0.6) is 0 Å². The quantitative estimate of drug-likeness (QED) is 0.803. The fourth-order valence-electron chi connectivity index (χ4n) is 1.73. The van der Waals surface area contributed by atoms with Gasteiger partial charge in [0.1, 0.15) is 5.69 Å². The smallest absolute Gasteiger partial charge is 0.122 e. The second-order valence-electron chi connectivity index (χ2n) is 4.72. The van der Waals surface area contributed by atoms with Crippen LogP contribution in [0.3, 0.4) is 0 Å². The van der Waals surface area contributed by atoms with E-state index in [0.29, 0.717) is 0 Å². The third kappa shape index (κ3) is 3.84. The topological polar surface area (TPSA) is 74.4 Å². The van der Waals surface area contributed by atoms with Gasteiger partial charge in [0.2, 0.25) is 0 Å². The molecule has 19 heavy (non-hydrogen) atoms. The normalized spacial score (nSPS) is 13.1. The summed E-state index contributed by atoms with van der Waals surface area (Å²) < 4.78 is 1.54. The third-order valence-corrected chi connectivity index (χ3v) is 3.55. The molecule has 0 saturated carbocycles. The van der Waals surface area contributed by atoms with E-state index in [0.717, 1.165) is 17.1 Å². The third-order valence-electron chi connectivity index (χ3n) is 2.55. The molecule has 2 rings (SSSR count). The van der Waals surface area contributed by atoms with E-state index >= 15 is 0 Å². The molecule has 0 fully saturated rings. The Hall–Kier alpha value is -1.28.